The van der Waals surface area contributed by atoms with Gasteiger partial charge in [-0.05, 0) is 68.9 Å². The van der Waals surface area contributed by atoms with Crippen LogP contribution in [-0.4, -0.2) is 17.3 Å². The maximum atomic E-state index is 13.7. The van der Waals surface area contributed by atoms with Crippen molar-refractivity contribution in [2.45, 2.75) is 125 Å². The Kier molecular flexibility index (Phi) is 11.2. The summed E-state index contributed by atoms with van der Waals surface area (Å²) in [5.74, 6) is 0.498. The first kappa shape index (κ1) is 40.7. The molecular formula is C42H63O6P. The molecule has 3 aliphatic carbocycles. The second kappa shape index (κ2) is 13.4. The van der Waals surface area contributed by atoms with Gasteiger partial charge in [0.05, 0.1) is 0 Å². The highest BCUT2D eigenvalue weighted by atomic mass is 31.2. The molecule has 0 aliphatic heterocycles. The molecule has 0 spiro atoms. The summed E-state index contributed by atoms with van der Waals surface area (Å²) >= 11 is 0. The van der Waals surface area contributed by atoms with E-state index in [1.807, 2.05) is 98.8 Å². The van der Waals surface area contributed by atoms with Crippen molar-refractivity contribution in [2.75, 3.05) is 0 Å². The number of hydrogen-bond acceptors (Lipinski definition) is 6. The third kappa shape index (κ3) is 9.75. The fourth-order valence-electron chi connectivity index (χ4n) is 6.18. The van der Waals surface area contributed by atoms with Crippen molar-refractivity contribution >= 4 is 26.0 Å². The lowest BCUT2D eigenvalue weighted by atomic mass is 9.69. The van der Waals surface area contributed by atoms with Crippen molar-refractivity contribution in [3.05, 3.63) is 70.5 Å². The lowest BCUT2D eigenvalue weighted by molar-refractivity contribution is -0.122. The molecule has 0 saturated carbocycles. The molecule has 0 bridgehead atoms. The lowest BCUT2D eigenvalue weighted by Gasteiger charge is -2.36. The average Bonchev–Trinajstić information content (AvgIpc) is 2.87. The van der Waals surface area contributed by atoms with E-state index in [0.29, 0.717) is 34.0 Å². The van der Waals surface area contributed by atoms with E-state index in [1.165, 1.54) is 0 Å². The molecule has 49 heavy (non-hydrogen) atoms. The van der Waals surface area contributed by atoms with Gasteiger partial charge in [0.15, 0.2) is 17.3 Å². The molecule has 272 valence electrons. The Hall–Kier alpha value is -2.72. The predicted molar refractivity (Wildman–Crippen MR) is 201 cm³/mol. The number of carbonyl (C=O) groups excluding carboxylic acids is 3. The van der Waals surface area contributed by atoms with Crippen LogP contribution in [0.25, 0.3) is 0 Å². The van der Waals surface area contributed by atoms with E-state index in [0.717, 1.165) is 0 Å². The van der Waals surface area contributed by atoms with Crippen LogP contribution in [0.15, 0.2) is 70.5 Å². The van der Waals surface area contributed by atoms with Gasteiger partial charge in [0.2, 0.25) is 0 Å². The van der Waals surface area contributed by atoms with Crippen molar-refractivity contribution in [3.63, 3.8) is 0 Å². The summed E-state index contributed by atoms with van der Waals surface area (Å²) in [5.41, 5.74) is -0.278. The summed E-state index contributed by atoms with van der Waals surface area (Å²) in [6.07, 6.45) is 11.1. The van der Waals surface area contributed by atoms with E-state index in [-0.39, 0.29) is 33.6 Å². The van der Waals surface area contributed by atoms with Gasteiger partial charge in [-0.15, -0.1) is 0 Å². The molecule has 0 radical (unpaired) electrons. The molecule has 0 heterocycles. The van der Waals surface area contributed by atoms with Crippen LogP contribution in [0.3, 0.4) is 0 Å². The second-order valence-electron chi connectivity index (χ2n) is 20.3. The molecule has 0 aromatic rings. The van der Waals surface area contributed by atoms with Gasteiger partial charge in [0, 0.05) is 34.5 Å². The molecule has 0 aromatic heterocycles. The summed E-state index contributed by atoms with van der Waals surface area (Å²) in [5, 5.41) is 0. The highest BCUT2D eigenvalue weighted by Crippen LogP contribution is 2.53. The van der Waals surface area contributed by atoms with E-state index in [2.05, 4.69) is 62.3 Å². The van der Waals surface area contributed by atoms with Gasteiger partial charge in [0.1, 0.15) is 17.3 Å². The van der Waals surface area contributed by atoms with E-state index in [4.69, 9.17) is 13.6 Å². The number of allylic oxidation sites excluding steroid dienone is 9. The van der Waals surface area contributed by atoms with Crippen LogP contribution >= 0.6 is 8.60 Å². The summed E-state index contributed by atoms with van der Waals surface area (Å²) < 4.78 is 20.0. The SMILES string of the molecule is CC(C)(C)C1=CC(OP(OC2=CC(C(C)(C)C)C(=O)C(C(C)(C)C)=C2)OC2=CC(C(C)(C)C)C(=O)C(C(C)(C)C)=C2)=CC(C(C)(C)C)C1=O. The van der Waals surface area contributed by atoms with Gasteiger partial charge in [-0.3, -0.25) is 14.4 Å². The quantitative estimate of drug-likeness (QED) is 0.258. The van der Waals surface area contributed by atoms with Crippen molar-refractivity contribution in [1.82, 2.24) is 0 Å². The fraction of sp³-hybridized carbons (Fsp3) is 0.643. The van der Waals surface area contributed by atoms with Gasteiger partial charge in [0.25, 0.3) is 0 Å². The van der Waals surface area contributed by atoms with Crippen molar-refractivity contribution in [2.24, 2.45) is 50.2 Å². The molecule has 3 atom stereocenters. The fourth-order valence-corrected chi connectivity index (χ4v) is 7.15. The Morgan fingerprint density at radius 2 is 0.612 bits per heavy atom. The van der Waals surface area contributed by atoms with Gasteiger partial charge >= 0.3 is 8.60 Å². The Bertz CT molecular complexity index is 1350. The zero-order valence-corrected chi connectivity index (χ0v) is 34.5. The smallest absolute Gasteiger partial charge is 0.409 e. The maximum Gasteiger partial charge on any atom is 0.530 e. The van der Waals surface area contributed by atoms with Gasteiger partial charge < -0.3 is 13.6 Å². The number of ketones is 3. The molecule has 0 fully saturated rings. The van der Waals surface area contributed by atoms with Crippen LogP contribution in [0.5, 0.6) is 0 Å². The number of hydrogen-bond donors (Lipinski definition) is 0. The molecule has 0 amide bonds. The molecule has 0 aromatic carbocycles. The Morgan fingerprint density at radius 1 is 0.408 bits per heavy atom. The Labute approximate surface area is 298 Å². The zero-order chi connectivity index (χ0) is 37.9. The van der Waals surface area contributed by atoms with Gasteiger partial charge in [-0.1, -0.05) is 125 Å². The molecule has 3 rings (SSSR count). The number of carbonyl (C=O) groups is 3. The van der Waals surface area contributed by atoms with Crippen LogP contribution in [0.4, 0.5) is 0 Å². The first-order valence-electron chi connectivity index (χ1n) is 17.6. The van der Waals surface area contributed by atoms with Crippen molar-refractivity contribution in [1.29, 1.82) is 0 Å². The topological polar surface area (TPSA) is 78.9 Å². The van der Waals surface area contributed by atoms with Gasteiger partial charge in [-0.25, -0.2) is 0 Å². The first-order valence-corrected chi connectivity index (χ1v) is 18.7. The standard InChI is InChI=1S/C42H63O6P/c1-37(2,3)28-19-25(20-29(34(28)43)38(4,5)6)46-49(47-26-21-30(39(7,8)9)35(44)31(22-26)40(10,11)12)48-27-23-32(41(13,14)15)36(45)33(24-27)42(16,17)18/h19-24,28,30,32H,1-18H3. The molecule has 6 nitrogen and oxygen atoms in total. The minimum Gasteiger partial charge on any atom is -0.409 e. The molecular weight excluding hydrogens is 631 g/mol. The van der Waals surface area contributed by atoms with Crippen molar-refractivity contribution < 1.29 is 28.0 Å². The van der Waals surface area contributed by atoms with Crippen LogP contribution in [-0.2, 0) is 28.0 Å². The van der Waals surface area contributed by atoms with E-state index >= 15 is 0 Å². The highest BCUT2D eigenvalue weighted by Gasteiger charge is 2.43. The third-order valence-corrected chi connectivity index (χ3v) is 10.3. The van der Waals surface area contributed by atoms with E-state index in [1.54, 1.807) is 0 Å². The summed E-state index contributed by atoms with van der Waals surface area (Å²) in [6.45, 7) is 36.7. The maximum absolute atomic E-state index is 13.7. The van der Waals surface area contributed by atoms with E-state index in [9.17, 15) is 14.4 Å². The van der Waals surface area contributed by atoms with Gasteiger partial charge in [-0.2, -0.15) is 0 Å². The van der Waals surface area contributed by atoms with Crippen LogP contribution in [0.2, 0.25) is 0 Å². The largest absolute Gasteiger partial charge is 0.530 e. The second-order valence-corrected chi connectivity index (χ2v) is 21.2. The van der Waals surface area contributed by atoms with Crippen molar-refractivity contribution in [3.8, 4) is 0 Å². The minimum atomic E-state index is -2.17. The van der Waals surface area contributed by atoms with Crippen LogP contribution < -0.4 is 0 Å². The number of rotatable bonds is 6. The molecule has 0 saturated heterocycles. The third-order valence-electron chi connectivity index (χ3n) is 9.26. The van der Waals surface area contributed by atoms with Crippen LogP contribution in [0, 0.1) is 50.2 Å². The monoisotopic (exact) mass is 694 g/mol. The summed E-state index contributed by atoms with van der Waals surface area (Å²) in [7, 11) is -2.17. The Morgan fingerprint density at radius 3 is 0.776 bits per heavy atom. The molecule has 7 heteroatoms. The minimum absolute atomic E-state index is 0.0806. The normalized spacial score (nSPS) is 23.9. The van der Waals surface area contributed by atoms with E-state index < -0.39 is 42.6 Å². The first-order chi connectivity index (χ1) is 21.8. The summed E-state index contributed by atoms with van der Waals surface area (Å²) in [4.78, 5) is 41.2. The summed E-state index contributed by atoms with van der Waals surface area (Å²) in [6, 6.07) is 0. The molecule has 0 N–H and O–H groups in total. The average molecular weight is 695 g/mol. The highest BCUT2D eigenvalue weighted by molar-refractivity contribution is 7.42. The Balaban J connectivity index is 2.23. The number of Topliss-reactive ketones (excluding diaryl/α,β-unsaturated/α-hetero) is 3. The molecule has 3 unspecified atom stereocenters. The lowest BCUT2D eigenvalue weighted by Crippen LogP contribution is -2.35. The van der Waals surface area contributed by atoms with Crippen LogP contribution in [0.1, 0.15) is 125 Å². The zero-order valence-electron chi connectivity index (χ0n) is 33.6. The predicted octanol–water partition coefficient (Wildman–Crippen LogP) is 11.6. The molecule has 3 aliphatic rings.